The Bertz CT molecular complexity index is 499. The highest BCUT2D eigenvalue weighted by Crippen LogP contribution is 2.20. The Morgan fingerprint density at radius 2 is 1.94 bits per heavy atom. The Kier molecular flexibility index (Phi) is 2.75. The van der Waals surface area contributed by atoms with Gasteiger partial charge in [0.05, 0.1) is 5.69 Å². The molecule has 0 unspecified atom stereocenters. The molecular formula is C12H16N4. The average molecular weight is 216 g/mol. The normalized spacial score (nSPS) is 12.8. The van der Waals surface area contributed by atoms with Crippen molar-refractivity contribution in [3.8, 4) is 5.69 Å². The van der Waals surface area contributed by atoms with E-state index in [-0.39, 0.29) is 6.04 Å². The average Bonchev–Trinajstić information content (AvgIpc) is 2.57. The summed E-state index contributed by atoms with van der Waals surface area (Å²) in [5.41, 5.74) is 8.04. The van der Waals surface area contributed by atoms with Crippen molar-refractivity contribution in [2.24, 2.45) is 5.73 Å². The van der Waals surface area contributed by atoms with Gasteiger partial charge >= 0.3 is 0 Å². The van der Waals surface area contributed by atoms with Gasteiger partial charge in [-0.3, -0.25) is 0 Å². The maximum absolute atomic E-state index is 5.95. The van der Waals surface area contributed by atoms with Gasteiger partial charge in [0.2, 0.25) is 0 Å². The topological polar surface area (TPSA) is 56.7 Å². The molecule has 2 N–H and O–H groups in total. The molecule has 0 aliphatic heterocycles. The molecule has 1 aromatic heterocycles. The lowest BCUT2D eigenvalue weighted by Crippen LogP contribution is -2.11. The molecule has 0 saturated carbocycles. The minimum Gasteiger partial charge on any atom is -0.324 e. The van der Waals surface area contributed by atoms with Crippen LogP contribution in [0.2, 0.25) is 0 Å². The smallest absolute Gasteiger partial charge is 0.148 e. The third kappa shape index (κ3) is 1.84. The molecule has 1 atom stereocenters. The van der Waals surface area contributed by atoms with E-state index in [2.05, 4.69) is 10.1 Å². The van der Waals surface area contributed by atoms with Crippen LogP contribution in [0.15, 0.2) is 24.3 Å². The maximum atomic E-state index is 5.95. The lowest BCUT2D eigenvalue weighted by atomic mass is 10.1. The van der Waals surface area contributed by atoms with E-state index in [1.807, 2.05) is 49.7 Å². The first-order valence-corrected chi connectivity index (χ1v) is 5.34. The first-order chi connectivity index (χ1) is 7.59. The molecule has 1 aromatic carbocycles. The summed E-state index contributed by atoms with van der Waals surface area (Å²) in [6, 6.07) is 8.00. The van der Waals surface area contributed by atoms with Crippen molar-refractivity contribution in [3.63, 3.8) is 0 Å². The fourth-order valence-electron chi connectivity index (χ4n) is 1.81. The number of para-hydroxylation sites is 1. The fraction of sp³-hybridized carbons (Fsp3) is 0.333. The summed E-state index contributed by atoms with van der Waals surface area (Å²) < 4.78 is 1.84. The minimum absolute atomic E-state index is 0.0138. The van der Waals surface area contributed by atoms with Crippen LogP contribution in [0.25, 0.3) is 5.69 Å². The Morgan fingerprint density at radius 3 is 2.50 bits per heavy atom. The van der Waals surface area contributed by atoms with E-state index in [0.29, 0.717) is 0 Å². The van der Waals surface area contributed by atoms with Crippen LogP contribution in [0.3, 0.4) is 0 Å². The highest BCUT2D eigenvalue weighted by atomic mass is 15.3. The number of aromatic nitrogens is 3. The molecular weight excluding hydrogens is 200 g/mol. The number of hydrogen-bond donors (Lipinski definition) is 1. The molecule has 0 aliphatic carbocycles. The van der Waals surface area contributed by atoms with Crippen LogP contribution < -0.4 is 5.73 Å². The summed E-state index contributed by atoms with van der Waals surface area (Å²) in [5, 5.41) is 4.37. The summed E-state index contributed by atoms with van der Waals surface area (Å²) in [4.78, 5) is 4.30. The van der Waals surface area contributed by atoms with Gasteiger partial charge in [-0.25, -0.2) is 9.67 Å². The highest BCUT2D eigenvalue weighted by molar-refractivity contribution is 5.42. The van der Waals surface area contributed by atoms with E-state index in [1.54, 1.807) is 0 Å². The third-order valence-corrected chi connectivity index (χ3v) is 2.53. The monoisotopic (exact) mass is 216 g/mol. The Labute approximate surface area is 95.1 Å². The second-order valence-electron chi connectivity index (χ2n) is 3.97. The summed E-state index contributed by atoms with van der Waals surface area (Å²) in [6.45, 7) is 5.80. The molecule has 2 aromatic rings. The first kappa shape index (κ1) is 10.8. The van der Waals surface area contributed by atoms with E-state index in [1.165, 1.54) is 0 Å². The standard InChI is InChI=1S/C12H16N4/c1-8(13)11-6-4-5-7-12(11)16-10(3)14-9(2)15-16/h4-8H,13H2,1-3H3/t8-/m0/s1. The summed E-state index contributed by atoms with van der Waals surface area (Å²) in [5.74, 6) is 1.66. The molecule has 0 aliphatic rings. The molecule has 4 nitrogen and oxygen atoms in total. The van der Waals surface area contributed by atoms with Gasteiger partial charge in [-0.15, -0.1) is 0 Å². The highest BCUT2D eigenvalue weighted by Gasteiger charge is 2.11. The van der Waals surface area contributed by atoms with Crippen molar-refractivity contribution in [1.29, 1.82) is 0 Å². The van der Waals surface area contributed by atoms with Crippen LogP contribution in [0, 0.1) is 13.8 Å². The molecule has 0 amide bonds. The van der Waals surface area contributed by atoms with Crippen LogP contribution in [0.1, 0.15) is 30.2 Å². The predicted octanol–water partition coefficient (Wildman–Crippen LogP) is 1.90. The van der Waals surface area contributed by atoms with E-state index >= 15 is 0 Å². The fourth-order valence-corrected chi connectivity index (χ4v) is 1.81. The number of nitrogens with two attached hydrogens (primary N) is 1. The first-order valence-electron chi connectivity index (χ1n) is 5.34. The lowest BCUT2D eigenvalue weighted by molar-refractivity contribution is 0.765. The zero-order chi connectivity index (χ0) is 11.7. The zero-order valence-corrected chi connectivity index (χ0v) is 9.81. The van der Waals surface area contributed by atoms with Gasteiger partial charge in [-0.2, -0.15) is 5.10 Å². The lowest BCUT2D eigenvalue weighted by Gasteiger charge is -2.12. The largest absolute Gasteiger partial charge is 0.324 e. The van der Waals surface area contributed by atoms with Crippen LogP contribution in [0.4, 0.5) is 0 Å². The SMILES string of the molecule is Cc1nc(C)n(-c2ccccc2[C@H](C)N)n1. The Morgan fingerprint density at radius 1 is 1.25 bits per heavy atom. The van der Waals surface area contributed by atoms with Crippen LogP contribution >= 0.6 is 0 Å². The Balaban J connectivity index is 2.59. The van der Waals surface area contributed by atoms with Crippen molar-refractivity contribution < 1.29 is 0 Å². The van der Waals surface area contributed by atoms with Crippen molar-refractivity contribution in [1.82, 2.24) is 14.8 Å². The van der Waals surface area contributed by atoms with Gasteiger partial charge in [0, 0.05) is 6.04 Å². The Hall–Kier alpha value is -1.68. The van der Waals surface area contributed by atoms with Gasteiger partial charge in [-0.1, -0.05) is 18.2 Å². The maximum Gasteiger partial charge on any atom is 0.148 e. The number of benzene rings is 1. The molecule has 0 radical (unpaired) electrons. The zero-order valence-electron chi connectivity index (χ0n) is 9.81. The van der Waals surface area contributed by atoms with Gasteiger partial charge in [0.15, 0.2) is 0 Å². The van der Waals surface area contributed by atoms with Crippen molar-refractivity contribution in [3.05, 3.63) is 41.5 Å². The molecule has 0 saturated heterocycles. The quantitative estimate of drug-likeness (QED) is 0.834. The van der Waals surface area contributed by atoms with Crippen LogP contribution in [0.5, 0.6) is 0 Å². The van der Waals surface area contributed by atoms with Gasteiger partial charge < -0.3 is 5.73 Å². The third-order valence-electron chi connectivity index (χ3n) is 2.53. The van der Waals surface area contributed by atoms with E-state index in [0.717, 1.165) is 22.9 Å². The van der Waals surface area contributed by atoms with Crippen molar-refractivity contribution in [2.45, 2.75) is 26.8 Å². The molecule has 16 heavy (non-hydrogen) atoms. The predicted molar refractivity (Wildman–Crippen MR) is 63.4 cm³/mol. The minimum atomic E-state index is -0.0138. The second-order valence-corrected chi connectivity index (χ2v) is 3.97. The van der Waals surface area contributed by atoms with E-state index < -0.39 is 0 Å². The molecule has 2 rings (SSSR count). The molecule has 0 bridgehead atoms. The molecule has 1 heterocycles. The van der Waals surface area contributed by atoms with Crippen molar-refractivity contribution >= 4 is 0 Å². The van der Waals surface area contributed by atoms with Gasteiger partial charge in [0.25, 0.3) is 0 Å². The second kappa shape index (κ2) is 4.06. The summed E-state index contributed by atoms with van der Waals surface area (Å²) in [7, 11) is 0. The molecule has 4 heteroatoms. The molecule has 84 valence electrons. The van der Waals surface area contributed by atoms with Gasteiger partial charge in [-0.05, 0) is 32.4 Å². The van der Waals surface area contributed by atoms with Gasteiger partial charge in [0.1, 0.15) is 11.6 Å². The van der Waals surface area contributed by atoms with Crippen molar-refractivity contribution in [2.75, 3.05) is 0 Å². The van der Waals surface area contributed by atoms with E-state index in [4.69, 9.17) is 5.73 Å². The van der Waals surface area contributed by atoms with Crippen LogP contribution in [-0.2, 0) is 0 Å². The molecule has 0 fully saturated rings. The number of aryl methyl sites for hydroxylation is 2. The molecule has 0 spiro atoms. The summed E-state index contributed by atoms with van der Waals surface area (Å²) >= 11 is 0. The van der Waals surface area contributed by atoms with E-state index in [9.17, 15) is 0 Å². The summed E-state index contributed by atoms with van der Waals surface area (Å²) in [6.07, 6.45) is 0. The number of nitrogens with zero attached hydrogens (tertiary/aromatic N) is 3. The van der Waals surface area contributed by atoms with Crippen LogP contribution in [-0.4, -0.2) is 14.8 Å². The number of hydrogen-bond acceptors (Lipinski definition) is 3. The number of rotatable bonds is 2.